The second-order valence-corrected chi connectivity index (χ2v) is 5.06. The van der Waals surface area contributed by atoms with Crippen LogP contribution in [0.3, 0.4) is 0 Å². The van der Waals surface area contributed by atoms with E-state index in [-0.39, 0.29) is 18.1 Å². The highest BCUT2D eigenvalue weighted by molar-refractivity contribution is 5.93. The molecule has 0 spiro atoms. The van der Waals surface area contributed by atoms with Crippen molar-refractivity contribution in [2.75, 3.05) is 5.32 Å². The molecule has 0 bridgehead atoms. The summed E-state index contributed by atoms with van der Waals surface area (Å²) < 4.78 is 13.5. The quantitative estimate of drug-likeness (QED) is 0.890. The molecule has 0 aliphatic rings. The summed E-state index contributed by atoms with van der Waals surface area (Å²) in [5, 5.41) is 2.86. The molecule has 0 radical (unpaired) electrons. The molecule has 0 aromatic heterocycles. The second-order valence-electron chi connectivity index (χ2n) is 5.06. The molecule has 104 valence electrons. The zero-order valence-electron chi connectivity index (χ0n) is 11.7. The largest absolute Gasteiger partial charge is 0.326 e. The molecule has 0 aliphatic heterocycles. The average Bonchev–Trinajstić information content (AvgIpc) is 2.41. The zero-order valence-corrected chi connectivity index (χ0v) is 11.7. The van der Waals surface area contributed by atoms with Crippen molar-refractivity contribution in [3.63, 3.8) is 0 Å². The van der Waals surface area contributed by atoms with Crippen molar-refractivity contribution in [2.45, 2.75) is 26.2 Å². The topological polar surface area (TPSA) is 29.1 Å². The molecule has 0 aliphatic carbocycles. The summed E-state index contributed by atoms with van der Waals surface area (Å²) in [6.45, 7) is 4.14. The smallest absolute Gasteiger partial charge is 0.228 e. The minimum absolute atomic E-state index is 0.0408. The van der Waals surface area contributed by atoms with Gasteiger partial charge in [-0.25, -0.2) is 4.39 Å². The van der Waals surface area contributed by atoms with Gasteiger partial charge in [-0.15, -0.1) is 0 Å². The first-order chi connectivity index (χ1) is 9.58. The Balaban J connectivity index is 2.11. The van der Waals surface area contributed by atoms with Crippen molar-refractivity contribution in [2.24, 2.45) is 0 Å². The van der Waals surface area contributed by atoms with Gasteiger partial charge in [-0.1, -0.05) is 50.2 Å². The van der Waals surface area contributed by atoms with E-state index in [1.807, 2.05) is 24.3 Å². The van der Waals surface area contributed by atoms with Gasteiger partial charge in [0.15, 0.2) is 0 Å². The van der Waals surface area contributed by atoms with Crippen molar-refractivity contribution in [1.29, 1.82) is 0 Å². The number of hydrogen-bond donors (Lipinski definition) is 1. The van der Waals surface area contributed by atoms with Crippen LogP contribution in [0.25, 0.3) is 0 Å². The normalized spacial score (nSPS) is 10.6. The van der Waals surface area contributed by atoms with Crippen LogP contribution in [0.4, 0.5) is 10.1 Å². The fourth-order valence-corrected chi connectivity index (χ4v) is 2.12. The number of benzene rings is 2. The summed E-state index contributed by atoms with van der Waals surface area (Å²) in [5.74, 6) is -0.233. The number of amides is 1. The first kappa shape index (κ1) is 14.3. The Morgan fingerprint density at radius 2 is 1.75 bits per heavy atom. The minimum atomic E-state index is -0.347. The first-order valence-electron chi connectivity index (χ1n) is 6.70. The molecule has 0 saturated heterocycles. The molecular weight excluding hydrogens is 253 g/mol. The minimum Gasteiger partial charge on any atom is -0.326 e. The Labute approximate surface area is 118 Å². The highest BCUT2D eigenvalue weighted by Crippen LogP contribution is 2.23. The Morgan fingerprint density at radius 3 is 2.45 bits per heavy atom. The van der Waals surface area contributed by atoms with Crippen LogP contribution in [0.15, 0.2) is 48.5 Å². The average molecular weight is 271 g/mol. The first-order valence-corrected chi connectivity index (χ1v) is 6.70. The van der Waals surface area contributed by atoms with Crippen molar-refractivity contribution < 1.29 is 9.18 Å². The van der Waals surface area contributed by atoms with E-state index in [1.54, 1.807) is 18.2 Å². The fourth-order valence-electron chi connectivity index (χ4n) is 2.12. The molecule has 2 aromatic rings. The molecule has 1 N–H and O–H groups in total. The molecule has 20 heavy (non-hydrogen) atoms. The SMILES string of the molecule is CC(C)c1ccccc1NC(=O)Cc1ccccc1F. The van der Waals surface area contributed by atoms with E-state index in [0.717, 1.165) is 11.3 Å². The molecule has 1 amide bonds. The summed E-state index contributed by atoms with van der Waals surface area (Å²) in [7, 11) is 0. The van der Waals surface area contributed by atoms with Crippen molar-refractivity contribution in [3.8, 4) is 0 Å². The lowest BCUT2D eigenvalue weighted by molar-refractivity contribution is -0.115. The molecule has 2 aromatic carbocycles. The zero-order chi connectivity index (χ0) is 14.5. The van der Waals surface area contributed by atoms with Crippen LogP contribution < -0.4 is 5.32 Å². The standard InChI is InChI=1S/C17H18FNO/c1-12(2)14-8-4-6-10-16(14)19-17(20)11-13-7-3-5-9-15(13)18/h3-10,12H,11H2,1-2H3,(H,19,20). The number of carbonyl (C=O) groups is 1. The van der Waals surface area contributed by atoms with Crippen LogP contribution in [0, 0.1) is 5.82 Å². The van der Waals surface area contributed by atoms with E-state index in [2.05, 4.69) is 19.2 Å². The van der Waals surface area contributed by atoms with Gasteiger partial charge in [-0.2, -0.15) is 0 Å². The Bertz CT molecular complexity index is 607. The van der Waals surface area contributed by atoms with Crippen LogP contribution >= 0.6 is 0 Å². The fraction of sp³-hybridized carbons (Fsp3) is 0.235. The molecule has 0 atom stereocenters. The molecule has 2 nitrogen and oxygen atoms in total. The van der Waals surface area contributed by atoms with Crippen LogP contribution in [0.2, 0.25) is 0 Å². The van der Waals surface area contributed by atoms with Gasteiger partial charge < -0.3 is 5.32 Å². The summed E-state index contributed by atoms with van der Waals surface area (Å²) in [4.78, 5) is 12.0. The van der Waals surface area contributed by atoms with Gasteiger partial charge in [-0.3, -0.25) is 4.79 Å². The van der Waals surface area contributed by atoms with Gasteiger partial charge in [0, 0.05) is 5.69 Å². The number of halogens is 1. The third-order valence-electron chi connectivity index (χ3n) is 3.17. The third-order valence-corrected chi connectivity index (χ3v) is 3.17. The number of hydrogen-bond acceptors (Lipinski definition) is 1. The van der Waals surface area contributed by atoms with Crippen molar-refractivity contribution in [1.82, 2.24) is 0 Å². The van der Waals surface area contributed by atoms with Crippen LogP contribution in [-0.4, -0.2) is 5.91 Å². The number of carbonyl (C=O) groups excluding carboxylic acids is 1. The lowest BCUT2D eigenvalue weighted by Gasteiger charge is -2.13. The van der Waals surface area contributed by atoms with E-state index in [4.69, 9.17) is 0 Å². The summed E-state index contributed by atoms with van der Waals surface area (Å²) in [6.07, 6.45) is 0.0408. The lowest BCUT2D eigenvalue weighted by Crippen LogP contribution is -2.16. The number of anilines is 1. The molecular formula is C17H18FNO. The monoisotopic (exact) mass is 271 g/mol. The van der Waals surface area contributed by atoms with Crippen molar-refractivity contribution in [3.05, 3.63) is 65.5 Å². The van der Waals surface area contributed by atoms with E-state index in [1.165, 1.54) is 6.07 Å². The highest BCUT2D eigenvalue weighted by Gasteiger charge is 2.11. The van der Waals surface area contributed by atoms with Gasteiger partial charge >= 0.3 is 0 Å². The maximum absolute atomic E-state index is 13.5. The van der Waals surface area contributed by atoms with E-state index < -0.39 is 0 Å². The third kappa shape index (κ3) is 3.44. The molecule has 0 fully saturated rings. The number of nitrogens with one attached hydrogen (secondary N) is 1. The van der Waals surface area contributed by atoms with Gasteiger partial charge in [0.1, 0.15) is 5.82 Å². The second kappa shape index (κ2) is 6.33. The van der Waals surface area contributed by atoms with Crippen LogP contribution in [-0.2, 0) is 11.2 Å². The van der Waals surface area contributed by atoms with Gasteiger partial charge in [-0.05, 0) is 29.2 Å². The van der Waals surface area contributed by atoms with Gasteiger partial charge in [0.05, 0.1) is 6.42 Å². The maximum atomic E-state index is 13.5. The molecule has 0 unspecified atom stereocenters. The highest BCUT2D eigenvalue weighted by atomic mass is 19.1. The Hall–Kier alpha value is -2.16. The molecule has 0 saturated carbocycles. The van der Waals surface area contributed by atoms with Crippen LogP contribution in [0.5, 0.6) is 0 Å². The van der Waals surface area contributed by atoms with E-state index in [9.17, 15) is 9.18 Å². The van der Waals surface area contributed by atoms with E-state index >= 15 is 0 Å². The maximum Gasteiger partial charge on any atom is 0.228 e. The van der Waals surface area contributed by atoms with Gasteiger partial charge in [0.2, 0.25) is 5.91 Å². The molecule has 0 heterocycles. The Kier molecular flexibility index (Phi) is 4.51. The van der Waals surface area contributed by atoms with Crippen molar-refractivity contribution >= 4 is 11.6 Å². The summed E-state index contributed by atoms with van der Waals surface area (Å²) in [6, 6.07) is 14.0. The molecule has 3 heteroatoms. The summed E-state index contributed by atoms with van der Waals surface area (Å²) >= 11 is 0. The van der Waals surface area contributed by atoms with Crippen LogP contribution in [0.1, 0.15) is 30.9 Å². The predicted octanol–water partition coefficient (Wildman–Crippen LogP) is 4.13. The molecule has 2 rings (SSSR count). The summed E-state index contributed by atoms with van der Waals surface area (Å²) in [5.41, 5.74) is 2.28. The number of rotatable bonds is 4. The lowest BCUT2D eigenvalue weighted by atomic mass is 10.0. The van der Waals surface area contributed by atoms with Gasteiger partial charge in [0.25, 0.3) is 0 Å². The van der Waals surface area contributed by atoms with E-state index in [0.29, 0.717) is 11.5 Å². The number of para-hydroxylation sites is 1. The Morgan fingerprint density at radius 1 is 1.10 bits per heavy atom. The predicted molar refractivity (Wildman–Crippen MR) is 79.3 cm³/mol.